The molecule has 2 rings (SSSR count). The summed E-state index contributed by atoms with van der Waals surface area (Å²) in [6.07, 6.45) is 1.33. The lowest BCUT2D eigenvalue weighted by Crippen LogP contribution is -2.63. The van der Waals surface area contributed by atoms with Crippen LogP contribution in [0.25, 0.3) is 0 Å². The maximum Gasteiger partial charge on any atom is 0.246 e. The van der Waals surface area contributed by atoms with Crippen LogP contribution >= 0.6 is 11.3 Å². The van der Waals surface area contributed by atoms with Crippen LogP contribution in [0.1, 0.15) is 51.5 Å². The highest BCUT2D eigenvalue weighted by molar-refractivity contribution is 7.10. The molecule has 1 aromatic rings. The van der Waals surface area contributed by atoms with E-state index < -0.39 is 0 Å². The zero-order chi connectivity index (χ0) is 15.6. The third-order valence-electron chi connectivity index (χ3n) is 3.97. The van der Waals surface area contributed by atoms with Crippen molar-refractivity contribution in [1.29, 1.82) is 0 Å². The molecule has 0 spiro atoms. The van der Waals surface area contributed by atoms with Gasteiger partial charge >= 0.3 is 0 Å². The van der Waals surface area contributed by atoms with Gasteiger partial charge in [0.1, 0.15) is 12.1 Å². The topological polar surface area (TPSA) is 49.4 Å². The minimum atomic E-state index is -0.386. The predicted molar refractivity (Wildman–Crippen MR) is 85.0 cm³/mol. The molecule has 2 heterocycles. The number of amides is 2. The summed E-state index contributed by atoms with van der Waals surface area (Å²) in [6.45, 7) is 8.10. The molecular weight excluding hydrogens is 284 g/mol. The third-order valence-corrected chi connectivity index (χ3v) is 5.02. The monoisotopic (exact) mass is 308 g/mol. The molecule has 1 aliphatic heterocycles. The van der Waals surface area contributed by atoms with Crippen LogP contribution < -0.4 is 5.32 Å². The standard InChI is InChI=1S/C16H24N2O2S/c1-5-13-15(19)17-12(9-10(2)3)16(20)18(13)11(4)14-7-6-8-21-14/h6-8,10-13H,5,9H2,1-4H3,(H,17,19). The zero-order valence-corrected chi connectivity index (χ0v) is 13.9. The van der Waals surface area contributed by atoms with E-state index >= 15 is 0 Å². The number of carbonyl (C=O) groups is 2. The zero-order valence-electron chi connectivity index (χ0n) is 13.1. The molecule has 0 radical (unpaired) electrons. The molecule has 4 nitrogen and oxygen atoms in total. The van der Waals surface area contributed by atoms with E-state index in [4.69, 9.17) is 0 Å². The van der Waals surface area contributed by atoms with Crippen molar-refractivity contribution >= 4 is 23.2 Å². The Bertz CT molecular complexity index is 498. The predicted octanol–water partition coefficient (Wildman–Crippen LogP) is 2.96. The summed E-state index contributed by atoms with van der Waals surface area (Å²) in [6, 6.07) is 3.21. The van der Waals surface area contributed by atoms with Crippen molar-refractivity contribution in [2.75, 3.05) is 0 Å². The van der Waals surface area contributed by atoms with Gasteiger partial charge < -0.3 is 10.2 Å². The van der Waals surface area contributed by atoms with Crippen LogP contribution in [0, 0.1) is 5.92 Å². The van der Waals surface area contributed by atoms with Crippen LogP contribution in [-0.2, 0) is 9.59 Å². The van der Waals surface area contributed by atoms with E-state index in [2.05, 4.69) is 19.2 Å². The molecule has 1 aliphatic rings. The van der Waals surface area contributed by atoms with Crippen LogP contribution in [0.5, 0.6) is 0 Å². The number of nitrogens with one attached hydrogen (secondary N) is 1. The van der Waals surface area contributed by atoms with Crippen molar-refractivity contribution in [2.24, 2.45) is 5.92 Å². The van der Waals surface area contributed by atoms with Gasteiger partial charge in [0.05, 0.1) is 6.04 Å². The molecule has 1 aromatic heterocycles. The van der Waals surface area contributed by atoms with E-state index in [0.29, 0.717) is 18.8 Å². The summed E-state index contributed by atoms with van der Waals surface area (Å²) >= 11 is 1.63. The molecule has 1 N–H and O–H groups in total. The molecule has 0 aromatic carbocycles. The smallest absolute Gasteiger partial charge is 0.246 e. The third kappa shape index (κ3) is 3.28. The first-order chi connectivity index (χ1) is 9.95. The van der Waals surface area contributed by atoms with Gasteiger partial charge in [-0.1, -0.05) is 26.8 Å². The number of hydrogen-bond acceptors (Lipinski definition) is 3. The van der Waals surface area contributed by atoms with Crippen LogP contribution in [0.3, 0.4) is 0 Å². The van der Waals surface area contributed by atoms with Gasteiger partial charge in [0, 0.05) is 4.88 Å². The Morgan fingerprint density at radius 2 is 2.05 bits per heavy atom. The molecule has 3 atom stereocenters. The van der Waals surface area contributed by atoms with Gasteiger partial charge in [-0.05, 0) is 37.1 Å². The van der Waals surface area contributed by atoms with Gasteiger partial charge in [-0.25, -0.2) is 0 Å². The van der Waals surface area contributed by atoms with E-state index in [1.165, 1.54) is 0 Å². The molecular formula is C16H24N2O2S. The van der Waals surface area contributed by atoms with Crippen LogP contribution in [0.15, 0.2) is 17.5 Å². The maximum absolute atomic E-state index is 12.8. The van der Waals surface area contributed by atoms with Crippen molar-refractivity contribution in [2.45, 2.75) is 58.7 Å². The number of thiophene rings is 1. The second kappa shape index (κ2) is 6.60. The van der Waals surface area contributed by atoms with Crippen molar-refractivity contribution in [3.8, 4) is 0 Å². The summed E-state index contributed by atoms with van der Waals surface area (Å²) in [5.74, 6) is 0.401. The molecule has 2 amide bonds. The van der Waals surface area contributed by atoms with E-state index in [9.17, 15) is 9.59 Å². The number of carbonyl (C=O) groups excluding carboxylic acids is 2. The first kappa shape index (κ1) is 16.0. The van der Waals surface area contributed by atoms with Crippen LogP contribution in [0.2, 0.25) is 0 Å². The van der Waals surface area contributed by atoms with Gasteiger partial charge in [-0.3, -0.25) is 9.59 Å². The molecule has 21 heavy (non-hydrogen) atoms. The quantitative estimate of drug-likeness (QED) is 0.909. The summed E-state index contributed by atoms with van der Waals surface area (Å²) in [4.78, 5) is 28.1. The Kier molecular flexibility index (Phi) is 5.04. The second-order valence-electron chi connectivity index (χ2n) is 6.05. The molecule has 1 fully saturated rings. The lowest BCUT2D eigenvalue weighted by molar-refractivity contribution is -0.152. The van der Waals surface area contributed by atoms with E-state index in [-0.39, 0.29) is 29.9 Å². The average molecular weight is 308 g/mol. The summed E-state index contributed by atoms with van der Waals surface area (Å²) < 4.78 is 0. The van der Waals surface area contributed by atoms with Crippen molar-refractivity contribution < 1.29 is 9.59 Å². The fraction of sp³-hybridized carbons (Fsp3) is 0.625. The number of hydrogen-bond donors (Lipinski definition) is 1. The minimum Gasteiger partial charge on any atom is -0.342 e. The van der Waals surface area contributed by atoms with E-state index in [0.717, 1.165) is 4.88 Å². The van der Waals surface area contributed by atoms with Crippen molar-refractivity contribution in [3.05, 3.63) is 22.4 Å². The highest BCUT2D eigenvalue weighted by atomic mass is 32.1. The summed E-state index contributed by atoms with van der Waals surface area (Å²) in [5.41, 5.74) is 0. The number of nitrogens with zero attached hydrogens (tertiary/aromatic N) is 1. The SMILES string of the molecule is CCC1C(=O)NC(CC(C)C)C(=O)N1C(C)c1cccs1. The molecule has 0 aliphatic carbocycles. The normalized spacial score (nSPS) is 24.3. The first-order valence-corrected chi connectivity index (χ1v) is 8.49. The molecule has 1 saturated heterocycles. The Balaban J connectivity index is 2.28. The summed E-state index contributed by atoms with van der Waals surface area (Å²) in [5, 5.41) is 4.91. The Morgan fingerprint density at radius 1 is 1.33 bits per heavy atom. The first-order valence-electron chi connectivity index (χ1n) is 7.61. The lowest BCUT2D eigenvalue weighted by atomic mass is 9.96. The van der Waals surface area contributed by atoms with Gasteiger partial charge in [0.25, 0.3) is 0 Å². The summed E-state index contributed by atoms with van der Waals surface area (Å²) in [7, 11) is 0. The van der Waals surface area contributed by atoms with Gasteiger partial charge in [0.15, 0.2) is 0 Å². The number of rotatable bonds is 5. The second-order valence-corrected chi connectivity index (χ2v) is 7.03. The van der Waals surface area contributed by atoms with Gasteiger partial charge in [0.2, 0.25) is 11.8 Å². The highest BCUT2D eigenvalue weighted by Crippen LogP contribution is 2.30. The average Bonchev–Trinajstić information content (AvgIpc) is 2.94. The molecule has 0 saturated carbocycles. The Hall–Kier alpha value is -1.36. The Labute approximate surface area is 130 Å². The number of piperazine rings is 1. The molecule has 116 valence electrons. The molecule has 0 bridgehead atoms. The van der Waals surface area contributed by atoms with Crippen LogP contribution in [-0.4, -0.2) is 28.8 Å². The fourth-order valence-electron chi connectivity index (χ4n) is 2.93. The largest absolute Gasteiger partial charge is 0.342 e. The van der Waals surface area contributed by atoms with E-state index in [1.807, 2.05) is 31.4 Å². The van der Waals surface area contributed by atoms with Crippen LogP contribution in [0.4, 0.5) is 0 Å². The Morgan fingerprint density at radius 3 is 2.57 bits per heavy atom. The fourth-order valence-corrected chi connectivity index (χ4v) is 3.71. The lowest BCUT2D eigenvalue weighted by Gasteiger charge is -2.42. The maximum atomic E-state index is 12.8. The van der Waals surface area contributed by atoms with Crippen molar-refractivity contribution in [3.63, 3.8) is 0 Å². The van der Waals surface area contributed by atoms with Crippen molar-refractivity contribution in [1.82, 2.24) is 10.2 Å². The molecule has 3 unspecified atom stereocenters. The van der Waals surface area contributed by atoms with E-state index in [1.54, 1.807) is 16.2 Å². The molecule has 5 heteroatoms. The highest BCUT2D eigenvalue weighted by Gasteiger charge is 2.42. The minimum absolute atomic E-state index is 0.0221. The van der Waals surface area contributed by atoms with Gasteiger partial charge in [-0.15, -0.1) is 11.3 Å². The van der Waals surface area contributed by atoms with Gasteiger partial charge in [-0.2, -0.15) is 0 Å².